The van der Waals surface area contributed by atoms with E-state index in [9.17, 15) is 13.5 Å². The molecule has 8 heteroatoms. The largest absolute Gasteiger partial charge is 0.507 e. The van der Waals surface area contributed by atoms with E-state index in [2.05, 4.69) is 10.2 Å². The Morgan fingerprint density at radius 2 is 1.57 bits per heavy atom. The van der Waals surface area contributed by atoms with Gasteiger partial charge in [-0.1, -0.05) is 0 Å². The van der Waals surface area contributed by atoms with Crippen LogP contribution in [0.15, 0.2) is 57.6 Å². The van der Waals surface area contributed by atoms with Gasteiger partial charge in [0, 0.05) is 0 Å². The summed E-state index contributed by atoms with van der Waals surface area (Å²) in [4.78, 5) is -0.238. The summed E-state index contributed by atoms with van der Waals surface area (Å²) in [7, 11) is -4.24. The highest BCUT2D eigenvalue weighted by molar-refractivity contribution is 7.85. The Morgan fingerprint density at radius 1 is 1.00 bits per heavy atom. The molecule has 0 saturated carbocycles. The molecule has 0 fully saturated rings. The SMILES string of the molecule is N#Cc1cc(N=Nc2ccc(S(=O)(=O)O)cc2)ccc1O. The van der Waals surface area contributed by atoms with Crippen molar-refractivity contribution in [3.8, 4) is 11.8 Å². The van der Waals surface area contributed by atoms with Gasteiger partial charge in [-0.3, -0.25) is 4.55 Å². The monoisotopic (exact) mass is 303 g/mol. The third-order valence-corrected chi connectivity index (χ3v) is 3.38. The van der Waals surface area contributed by atoms with Crippen LogP contribution >= 0.6 is 0 Å². The van der Waals surface area contributed by atoms with Crippen molar-refractivity contribution in [1.82, 2.24) is 0 Å². The standard InChI is InChI=1S/C13H9N3O4S/c14-8-9-7-11(3-6-13(9)17)16-15-10-1-4-12(5-2-10)21(18,19)20/h1-7,17H,(H,18,19,20). The van der Waals surface area contributed by atoms with Crippen LogP contribution in [-0.4, -0.2) is 18.1 Å². The summed E-state index contributed by atoms with van der Waals surface area (Å²) < 4.78 is 30.6. The molecule has 21 heavy (non-hydrogen) atoms. The van der Waals surface area contributed by atoms with Crippen LogP contribution in [0.1, 0.15) is 5.56 Å². The minimum atomic E-state index is -4.24. The van der Waals surface area contributed by atoms with E-state index in [-0.39, 0.29) is 16.2 Å². The lowest BCUT2D eigenvalue weighted by atomic mass is 10.2. The lowest BCUT2D eigenvalue weighted by molar-refractivity contribution is 0.473. The van der Waals surface area contributed by atoms with Gasteiger partial charge in [-0.15, -0.1) is 0 Å². The Labute approximate surface area is 120 Å². The maximum Gasteiger partial charge on any atom is 0.294 e. The Kier molecular flexibility index (Phi) is 3.98. The highest BCUT2D eigenvalue weighted by atomic mass is 32.2. The van der Waals surface area contributed by atoms with Gasteiger partial charge in [0.15, 0.2) is 0 Å². The molecule has 2 aromatic rings. The summed E-state index contributed by atoms with van der Waals surface area (Å²) in [5, 5.41) is 25.9. The van der Waals surface area contributed by atoms with Crippen LogP contribution < -0.4 is 0 Å². The van der Waals surface area contributed by atoms with E-state index in [0.29, 0.717) is 11.4 Å². The first kappa shape index (κ1) is 14.6. The average molecular weight is 303 g/mol. The quantitative estimate of drug-likeness (QED) is 0.666. The lowest BCUT2D eigenvalue weighted by Gasteiger charge is -1.98. The normalized spacial score (nSPS) is 11.4. The summed E-state index contributed by atoms with van der Waals surface area (Å²) in [6, 6.07) is 11.1. The van der Waals surface area contributed by atoms with Crippen molar-refractivity contribution >= 4 is 21.5 Å². The van der Waals surface area contributed by atoms with Crippen molar-refractivity contribution in [3.63, 3.8) is 0 Å². The van der Waals surface area contributed by atoms with Gasteiger partial charge < -0.3 is 5.11 Å². The second kappa shape index (κ2) is 5.70. The number of hydrogen-bond donors (Lipinski definition) is 2. The Bertz CT molecular complexity index is 837. The zero-order valence-corrected chi connectivity index (χ0v) is 11.3. The first-order valence-corrected chi connectivity index (χ1v) is 7.06. The molecule has 7 nitrogen and oxygen atoms in total. The van der Waals surface area contributed by atoms with Crippen molar-refractivity contribution < 1.29 is 18.1 Å². The van der Waals surface area contributed by atoms with Gasteiger partial charge in [-0.2, -0.15) is 23.9 Å². The second-order valence-electron chi connectivity index (χ2n) is 3.98. The van der Waals surface area contributed by atoms with E-state index < -0.39 is 10.1 Å². The van der Waals surface area contributed by atoms with Crippen LogP contribution in [0.25, 0.3) is 0 Å². The van der Waals surface area contributed by atoms with Crippen LogP contribution in [0.4, 0.5) is 11.4 Å². The van der Waals surface area contributed by atoms with Crippen LogP contribution in [0, 0.1) is 11.3 Å². The summed E-state index contributed by atoms with van der Waals surface area (Å²) in [6.07, 6.45) is 0. The van der Waals surface area contributed by atoms with E-state index in [1.165, 1.54) is 42.5 Å². The van der Waals surface area contributed by atoms with Crippen LogP contribution in [0.2, 0.25) is 0 Å². The maximum atomic E-state index is 10.9. The number of azo groups is 1. The van der Waals surface area contributed by atoms with Gasteiger partial charge in [-0.05, 0) is 42.5 Å². The highest BCUT2D eigenvalue weighted by Crippen LogP contribution is 2.24. The van der Waals surface area contributed by atoms with E-state index in [1.54, 1.807) is 0 Å². The number of benzene rings is 2. The van der Waals surface area contributed by atoms with E-state index >= 15 is 0 Å². The van der Waals surface area contributed by atoms with Gasteiger partial charge in [0.05, 0.1) is 21.8 Å². The Balaban J connectivity index is 2.24. The van der Waals surface area contributed by atoms with Gasteiger partial charge >= 0.3 is 0 Å². The fraction of sp³-hybridized carbons (Fsp3) is 0. The van der Waals surface area contributed by atoms with E-state index in [1.807, 2.05) is 6.07 Å². The molecule has 0 aliphatic heterocycles. The molecule has 0 bridgehead atoms. The number of nitriles is 1. The molecule has 0 spiro atoms. The molecule has 2 N–H and O–H groups in total. The van der Waals surface area contributed by atoms with Crippen molar-refractivity contribution in [2.75, 3.05) is 0 Å². The van der Waals surface area contributed by atoms with Crippen molar-refractivity contribution in [2.45, 2.75) is 4.90 Å². The number of aromatic hydroxyl groups is 1. The fourth-order valence-electron chi connectivity index (χ4n) is 1.48. The minimum Gasteiger partial charge on any atom is -0.507 e. The predicted octanol–water partition coefficient (Wildman–Crippen LogP) is 2.93. The van der Waals surface area contributed by atoms with Crippen molar-refractivity contribution in [1.29, 1.82) is 5.26 Å². The van der Waals surface area contributed by atoms with Gasteiger partial charge in [0.2, 0.25) is 0 Å². The lowest BCUT2D eigenvalue weighted by Crippen LogP contribution is -1.96. The van der Waals surface area contributed by atoms with Gasteiger partial charge in [0.25, 0.3) is 10.1 Å². The minimum absolute atomic E-state index is 0.0770. The molecule has 0 amide bonds. The molecule has 0 atom stereocenters. The molecule has 0 heterocycles. The molecule has 0 unspecified atom stereocenters. The number of phenols is 1. The molecular formula is C13H9N3O4S. The summed E-state index contributed by atoms with van der Waals surface area (Å²) in [5.74, 6) is -0.144. The number of rotatable bonds is 3. The Hall–Kier alpha value is -2.76. The van der Waals surface area contributed by atoms with Crippen LogP contribution in [0.5, 0.6) is 5.75 Å². The number of phenolic OH excluding ortho intramolecular Hbond substituents is 1. The third kappa shape index (κ3) is 3.62. The molecule has 0 radical (unpaired) electrons. The number of hydrogen-bond acceptors (Lipinski definition) is 6. The van der Waals surface area contributed by atoms with E-state index in [4.69, 9.17) is 9.81 Å². The first-order chi connectivity index (χ1) is 9.90. The molecule has 0 saturated heterocycles. The summed E-state index contributed by atoms with van der Waals surface area (Å²) in [6.45, 7) is 0. The number of nitrogens with zero attached hydrogens (tertiary/aromatic N) is 3. The molecule has 106 valence electrons. The van der Waals surface area contributed by atoms with Gasteiger partial charge in [0.1, 0.15) is 11.8 Å². The van der Waals surface area contributed by atoms with Crippen LogP contribution in [-0.2, 0) is 10.1 Å². The topological polar surface area (TPSA) is 123 Å². The average Bonchev–Trinajstić information content (AvgIpc) is 2.46. The highest BCUT2D eigenvalue weighted by Gasteiger charge is 2.08. The fourth-order valence-corrected chi connectivity index (χ4v) is 1.96. The molecule has 2 rings (SSSR count). The van der Waals surface area contributed by atoms with Gasteiger partial charge in [-0.25, -0.2) is 0 Å². The zero-order valence-electron chi connectivity index (χ0n) is 10.5. The zero-order chi connectivity index (χ0) is 15.5. The van der Waals surface area contributed by atoms with Crippen molar-refractivity contribution in [3.05, 3.63) is 48.0 Å². The second-order valence-corrected chi connectivity index (χ2v) is 5.40. The molecule has 2 aromatic carbocycles. The summed E-state index contributed by atoms with van der Waals surface area (Å²) >= 11 is 0. The molecule has 0 aliphatic carbocycles. The molecular weight excluding hydrogens is 294 g/mol. The van der Waals surface area contributed by atoms with E-state index in [0.717, 1.165) is 0 Å². The molecule has 0 aromatic heterocycles. The smallest absolute Gasteiger partial charge is 0.294 e. The van der Waals surface area contributed by atoms with Crippen molar-refractivity contribution in [2.24, 2.45) is 10.2 Å². The molecule has 0 aliphatic rings. The summed E-state index contributed by atoms with van der Waals surface area (Å²) in [5.41, 5.74) is 0.811. The van der Waals surface area contributed by atoms with Crippen LogP contribution in [0.3, 0.4) is 0 Å². The maximum absolute atomic E-state index is 10.9. The first-order valence-electron chi connectivity index (χ1n) is 5.62. The third-order valence-electron chi connectivity index (χ3n) is 2.52. The Morgan fingerprint density at radius 3 is 2.14 bits per heavy atom. The predicted molar refractivity (Wildman–Crippen MR) is 73.3 cm³/mol.